The molecule has 0 saturated heterocycles. The molecule has 0 radical (unpaired) electrons. The molecular formula is C14H14N2O2. The number of aliphatic hydroxyl groups is 1. The second kappa shape index (κ2) is 4.31. The summed E-state index contributed by atoms with van der Waals surface area (Å²) in [5.74, 6) is -0.194. The fraction of sp³-hybridized carbons (Fsp3) is 0.214. The molecule has 0 fully saturated rings. The van der Waals surface area contributed by atoms with Gasteiger partial charge in [-0.15, -0.1) is 0 Å². The monoisotopic (exact) mass is 242 g/mol. The van der Waals surface area contributed by atoms with Crippen LogP contribution in [0.3, 0.4) is 0 Å². The molecule has 0 spiro atoms. The van der Waals surface area contributed by atoms with Crippen LogP contribution >= 0.6 is 0 Å². The van der Waals surface area contributed by atoms with Gasteiger partial charge in [0, 0.05) is 12.6 Å². The van der Waals surface area contributed by atoms with Crippen LogP contribution in [0.15, 0.2) is 42.6 Å². The van der Waals surface area contributed by atoms with E-state index in [-0.39, 0.29) is 11.9 Å². The number of hydrogen-bond acceptors (Lipinski definition) is 2. The normalized spacial score (nSPS) is 21.6. The van der Waals surface area contributed by atoms with Crippen molar-refractivity contribution < 1.29 is 9.90 Å². The SMILES string of the molecule is O=C(N[C@@H]1c2ccccc2C[C@@H]1O)c1ccc[nH]1. The number of hydrogen-bond donors (Lipinski definition) is 3. The Hall–Kier alpha value is -2.07. The average Bonchev–Trinajstić information content (AvgIpc) is 2.98. The Morgan fingerprint density at radius 2 is 2.11 bits per heavy atom. The van der Waals surface area contributed by atoms with E-state index in [0.29, 0.717) is 12.1 Å². The molecule has 0 aliphatic heterocycles. The molecular weight excluding hydrogens is 228 g/mol. The molecule has 1 aliphatic carbocycles. The smallest absolute Gasteiger partial charge is 0.268 e. The highest BCUT2D eigenvalue weighted by Crippen LogP contribution is 2.31. The Kier molecular flexibility index (Phi) is 2.64. The number of carbonyl (C=O) groups excluding carboxylic acids is 1. The van der Waals surface area contributed by atoms with E-state index in [1.54, 1.807) is 18.3 Å². The number of aliphatic hydroxyl groups excluding tert-OH is 1. The molecule has 0 unspecified atom stereocenters. The van der Waals surface area contributed by atoms with Crippen LogP contribution in [0.4, 0.5) is 0 Å². The van der Waals surface area contributed by atoms with Gasteiger partial charge in [-0.1, -0.05) is 24.3 Å². The van der Waals surface area contributed by atoms with Crippen molar-refractivity contribution in [1.82, 2.24) is 10.3 Å². The first-order valence-electron chi connectivity index (χ1n) is 5.96. The highest BCUT2D eigenvalue weighted by molar-refractivity contribution is 5.92. The molecule has 1 heterocycles. The van der Waals surface area contributed by atoms with E-state index in [0.717, 1.165) is 11.1 Å². The summed E-state index contributed by atoms with van der Waals surface area (Å²) in [6.45, 7) is 0. The van der Waals surface area contributed by atoms with Gasteiger partial charge in [0.2, 0.25) is 0 Å². The van der Waals surface area contributed by atoms with Crippen LogP contribution in [0.5, 0.6) is 0 Å². The predicted molar refractivity (Wildman–Crippen MR) is 67.2 cm³/mol. The molecule has 3 N–H and O–H groups in total. The van der Waals surface area contributed by atoms with Crippen molar-refractivity contribution in [2.75, 3.05) is 0 Å². The Bertz CT molecular complexity index is 563. The average molecular weight is 242 g/mol. The van der Waals surface area contributed by atoms with Crippen molar-refractivity contribution >= 4 is 5.91 Å². The van der Waals surface area contributed by atoms with Crippen molar-refractivity contribution in [3.05, 3.63) is 59.4 Å². The fourth-order valence-corrected chi connectivity index (χ4v) is 2.44. The summed E-state index contributed by atoms with van der Waals surface area (Å²) in [5, 5.41) is 12.9. The number of H-pyrrole nitrogens is 1. The second-order valence-electron chi connectivity index (χ2n) is 4.51. The summed E-state index contributed by atoms with van der Waals surface area (Å²) >= 11 is 0. The lowest BCUT2D eigenvalue weighted by Gasteiger charge is -2.17. The lowest BCUT2D eigenvalue weighted by molar-refractivity contribution is 0.0854. The minimum absolute atomic E-state index is 0.194. The molecule has 2 atom stereocenters. The molecule has 0 saturated carbocycles. The number of amides is 1. The Morgan fingerprint density at radius 1 is 1.28 bits per heavy atom. The minimum atomic E-state index is -0.554. The van der Waals surface area contributed by atoms with Gasteiger partial charge in [0.05, 0.1) is 12.1 Å². The molecule has 1 aromatic heterocycles. The highest BCUT2D eigenvalue weighted by atomic mass is 16.3. The summed E-state index contributed by atoms with van der Waals surface area (Å²) in [7, 11) is 0. The Labute approximate surface area is 105 Å². The number of aromatic amines is 1. The number of fused-ring (bicyclic) bond motifs is 1. The highest BCUT2D eigenvalue weighted by Gasteiger charge is 2.32. The van der Waals surface area contributed by atoms with Crippen LogP contribution in [0, 0.1) is 0 Å². The Morgan fingerprint density at radius 3 is 2.89 bits per heavy atom. The first-order chi connectivity index (χ1) is 8.75. The molecule has 4 nitrogen and oxygen atoms in total. The maximum Gasteiger partial charge on any atom is 0.268 e. The van der Waals surface area contributed by atoms with Crippen molar-refractivity contribution in [2.45, 2.75) is 18.6 Å². The predicted octanol–water partition coefficient (Wildman–Crippen LogP) is 1.40. The number of aromatic nitrogens is 1. The number of carbonyl (C=O) groups is 1. The number of rotatable bonds is 2. The zero-order chi connectivity index (χ0) is 12.5. The van der Waals surface area contributed by atoms with Crippen LogP contribution in [-0.2, 0) is 6.42 Å². The lowest BCUT2D eigenvalue weighted by atomic mass is 10.1. The van der Waals surface area contributed by atoms with Crippen molar-refractivity contribution in [1.29, 1.82) is 0 Å². The molecule has 4 heteroatoms. The van der Waals surface area contributed by atoms with Crippen LogP contribution in [0.2, 0.25) is 0 Å². The van der Waals surface area contributed by atoms with E-state index >= 15 is 0 Å². The van der Waals surface area contributed by atoms with Crippen LogP contribution in [0.25, 0.3) is 0 Å². The third-order valence-corrected chi connectivity index (χ3v) is 3.33. The molecule has 1 aliphatic rings. The quantitative estimate of drug-likeness (QED) is 0.745. The van der Waals surface area contributed by atoms with Gasteiger partial charge >= 0.3 is 0 Å². The molecule has 18 heavy (non-hydrogen) atoms. The van der Waals surface area contributed by atoms with Crippen molar-refractivity contribution in [3.8, 4) is 0 Å². The largest absolute Gasteiger partial charge is 0.390 e. The van der Waals surface area contributed by atoms with Gasteiger partial charge in [0.15, 0.2) is 0 Å². The van der Waals surface area contributed by atoms with Crippen LogP contribution in [0.1, 0.15) is 27.7 Å². The fourth-order valence-electron chi connectivity index (χ4n) is 2.44. The van der Waals surface area contributed by atoms with Crippen molar-refractivity contribution in [2.24, 2.45) is 0 Å². The summed E-state index contributed by atoms with van der Waals surface area (Å²) < 4.78 is 0. The van der Waals surface area contributed by atoms with E-state index in [9.17, 15) is 9.90 Å². The van der Waals surface area contributed by atoms with Crippen molar-refractivity contribution in [3.63, 3.8) is 0 Å². The summed E-state index contributed by atoms with van der Waals surface area (Å²) in [5.41, 5.74) is 2.61. The van der Waals surface area contributed by atoms with Gasteiger partial charge < -0.3 is 15.4 Å². The first kappa shape index (κ1) is 11.0. The second-order valence-corrected chi connectivity index (χ2v) is 4.51. The van der Waals surface area contributed by atoms with Crippen LogP contribution < -0.4 is 5.32 Å². The molecule has 3 rings (SSSR count). The first-order valence-corrected chi connectivity index (χ1v) is 5.96. The molecule has 2 aromatic rings. The molecule has 1 amide bonds. The summed E-state index contributed by atoms with van der Waals surface area (Å²) in [4.78, 5) is 14.8. The molecule has 92 valence electrons. The Balaban J connectivity index is 1.83. The lowest BCUT2D eigenvalue weighted by Crippen LogP contribution is -2.34. The summed E-state index contributed by atoms with van der Waals surface area (Å²) in [6.07, 6.45) is 1.74. The zero-order valence-electron chi connectivity index (χ0n) is 9.76. The zero-order valence-corrected chi connectivity index (χ0v) is 9.76. The third kappa shape index (κ3) is 1.80. The van der Waals surface area contributed by atoms with E-state index in [1.807, 2.05) is 24.3 Å². The van der Waals surface area contributed by atoms with Gasteiger partial charge in [0.25, 0.3) is 5.91 Å². The number of benzene rings is 1. The van der Waals surface area contributed by atoms with E-state index < -0.39 is 6.10 Å². The van der Waals surface area contributed by atoms with Gasteiger partial charge in [0.1, 0.15) is 5.69 Å². The molecule has 1 aromatic carbocycles. The van der Waals surface area contributed by atoms with E-state index in [4.69, 9.17) is 0 Å². The maximum atomic E-state index is 12.0. The topological polar surface area (TPSA) is 65.1 Å². The van der Waals surface area contributed by atoms with Gasteiger partial charge in [-0.3, -0.25) is 4.79 Å². The van der Waals surface area contributed by atoms with Gasteiger partial charge in [-0.05, 0) is 23.3 Å². The van der Waals surface area contributed by atoms with Gasteiger partial charge in [-0.2, -0.15) is 0 Å². The minimum Gasteiger partial charge on any atom is -0.390 e. The van der Waals surface area contributed by atoms with Crippen LogP contribution in [-0.4, -0.2) is 22.1 Å². The summed E-state index contributed by atoms with van der Waals surface area (Å²) in [6, 6.07) is 11.0. The standard InChI is InChI=1S/C14H14N2O2/c17-12-8-9-4-1-2-5-10(9)13(12)16-14(18)11-6-3-7-15-11/h1-7,12-13,15,17H,8H2,(H,16,18)/t12-,13+/m0/s1. The third-order valence-electron chi connectivity index (χ3n) is 3.33. The van der Waals surface area contributed by atoms with E-state index in [2.05, 4.69) is 10.3 Å². The van der Waals surface area contributed by atoms with E-state index in [1.165, 1.54) is 0 Å². The maximum absolute atomic E-state index is 12.0. The molecule has 0 bridgehead atoms. The number of nitrogens with one attached hydrogen (secondary N) is 2. The van der Waals surface area contributed by atoms with Gasteiger partial charge in [-0.25, -0.2) is 0 Å².